The molecule has 104 valence electrons. The molecule has 1 amide bonds. The van der Waals surface area contributed by atoms with Crippen LogP contribution in [0.25, 0.3) is 0 Å². The first-order valence-electron chi connectivity index (χ1n) is 6.82. The Morgan fingerprint density at radius 1 is 1.44 bits per heavy atom. The largest absolute Gasteiger partial charge is 0.443 e. The zero-order chi connectivity index (χ0) is 13.6. The van der Waals surface area contributed by atoms with Crippen LogP contribution >= 0.6 is 0 Å². The average molecular weight is 255 g/mol. The Labute approximate surface area is 109 Å². The molecule has 0 aromatic rings. The van der Waals surface area contributed by atoms with Crippen molar-refractivity contribution in [2.75, 3.05) is 6.61 Å². The summed E-state index contributed by atoms with van der Waals surface area (Å²) in [5.41, 5.74) is 5.12. The molecule has 4 heteroatoms. The van der Waals surface area contributed by atoms with Gasteiger partial charge < -0.3 is 15.6 Å². The molecule has 3 unspecified atom stereocenters. The van der Waals surface area contributed by atoms with Gasteiger partial charge in [-0.05, 0) is 42.9 Å². The van der Waals surface area contributed by atoms with Crippen molar-refractivity contribution >= 4 is 6.09 Å². The van der Waals surface area contributed by atoms with E-state index in [0.717, 1.165) is 32.1 Å². The van der Waals surface area contributed by atoms with Gasteiger partial charge in [0.15, 0.2) is 0 Å². The number of aliphatic hydroxyl groups is 1. The van der Waals surface area contributed by atoms with Gasteiger partial charge in [-0.3, -0.25) is 0 Å². The molecule has 0 radical (unpaired) electrons. The minimum atomic E-state index is -0.661. The van der Waals surface area contributed by atoms with Crippen LogP contribution in [0, 0.1) is 16.7 Å². The maximum atomic E-state index is 11.2. The second kappa shape index (κ2) is 4.12. The van der Waals surface area contributed by atoms with Gasteiger partial charge in [0, 0.05) is 12.5 Å². The minimum Gasteiger partial charge on any atom is -0.443 e. The maximum absolute atomic E-state index is 11.2. The van der Waals surface area contributed by atoms with Crippen LogP contribution in [0.3, 0.4) is 0 Å². The number of carbonyl (C=O) groups is 1. The van der Waals surface area contributed by atoms with Crippen molar-refractivity contribution in [2.24, 2.45) is 22.5 Å². The van der Waals surface area contributed by atoms with Crippen molar-refractivity contribution in [3.8, 4) is 0 Å². The minimum absolute atomic E-state index is 0.0904. The normalized spacial score (nSPS) is 39.0. The number of amides is 1. The predicted octanol–water partition coefficient (Wildman–Crippen LogP) is 2.44. The van der Waals surface area contributed by atoms with Crippen LogP contribution in [-0.4, -0.2) is 23.4 Å². The highest BCUT2D eigenvalue weighted by Crippen LogP contribution is 2.66. The maximum Gasteiger partial charge on any atom is 0.405 e. The van der Waals surface area contributed by atoms with Gasteiger partial charge in [-0.25, -0.2) is 4.79 Å². The highest BCUT2D eigenvalue weighted by Gasteiger charge is 2.64. The molecule has 18 heavy (non-hydrogen) atoms. The van der Waals surface area contributed by atoms with Crippen molar-refractivity contribution in [3.05, 3.63) is 0 Å². The Kier molecular flexibility index (Phi) is 3.13. The number of rotatable bonds is 3. The zero-order valence-corrected chi connectivity index (χ0v) is 11.7. The van der Waals surface area contributed by atoms with Gasteiger partial charge in [-0.2, -0.15) is 0 Å². The lowest BCUT2D eigenvalue weighted by Crippen LogP contribution is -2.45. The predicted molar refractivity (Wildman–Crippen MR) is 68.9 cm³/mol. The van der Waals surface area contributed by atoms with E-state index in [9.17, 15) is 9.90 Å². The van der Waals surface area contributed by atoms with E-state index in [2.05, 4.69) is 20.8 Å². The van der Waals surface area contributed by atoms with E-state index in [0.29, 0.717) is 5.92 Å². The number of hydrogen-bond donors (Lipinski definition) is 2. The summed E-state index contributed by atoms with van der Waals surface area (Å²) in [4.78, 5) is 11.2. The Bertz CT molecular complexity index is 349. The summed E-state index contributed by atoms with van der Waals surface area (Å²) >= 11 is 0. The number of hydrogen-bond acceptors (Lipinski definition) is 3. The van der Waals surface area contributed by atoms with Crippen LogP contribution < -0.4 is 5.73 Å². The third-order valence-corrected chi connectivity index (χ3v) is 5.02. The molecule has 2 bridgehead atoms. The average Bonchev–Trinajstić information content (AvgIpc) is 2.68. The highest BCUT2D eigenvalue weighted by atomic mass is 16.6. The van der Waals surface area contributed by atoms with Crippen LogP contribution in [0.5, 0.6) is 0 Å². The Hall–Kier alpha value is -0.770. The quantitative estimate of drug-likeness (QED) is 0.813. The number of aliphatic hydroxyl groups excluding tert-OH is 1. The molecule has 2 rings (SSSR count). The van der Waals surface area contributed by atoms with E-state index < -0.39 is 6.09 Å². The summed E-state index contributed by atoms with van der Waals surface area (Å²) < 4.78 is 5.56. The second-order valence-corrected chi connectivity index (χ2v) is 7.26. The van der Waals surface area contributed by atoms with Gasteiger partial charge >= 0.3 is 6.09 Å². The lowest BCUT2D eigenvalue weighted by atomic mass is 9.67. The summed E-state index contributed by atoms with van der Waals surface area (Å²) in [5, 5.41) is 9.26. The smallest absolute Gasteiger partial charge is 0.405 e. The van der Waals surface area contributed by atoms with Crippen LogP contribution in [0.2, 0.25) is 0 Å². The first kappa shape index (κ1) is 13.7. The molecule has 2 aliphatic carbocycles. The van der Waals surface area contributed by atoms with E-state index in [1.54, 1.807) is 0 Å². The fraction of sp³-hybridized carbons (Fsp3) is 0.929. The summed E-state index contributed by atoms with van der Waals surface area (Å²) in [6.45, 7) is 6.79. The number of fused-ring (bicyclic) bond motifs is 2. The lowest BCUT2D eigenvalue weighted by molar-refractivity contribution is -0.0522. The van der Waals surface area contributed by atoms with Crippen molar-refractivity contribution in [1.82, 2.24) is 0 Å². The van der Waals surface area contributed by atoms with Gasteiger partial charge in [-0.1, -0.05) is 20.8 Å². The first-order valence-corrected chi connectivity index (χ1v) is 6.82. The molecule has 2 saturated carbocycles. The van der Waals surface area contributed by atoms with Crippen LogP contribution in [0.15, 0.2) is 0 Å². The number of nitrogens with two attached hydrogens (primary N) is 1. The second-order valence-electron chi connectivity index (χ2n) is 7.26. The van der Waals surface area contributed by atoms with Crippen LogP contribution in [0.1, 0.15) is 52.9 Å². The van der Waals surface area contributed by atoms with Gasteiger partial charge in [0.1, 0.15) is 5.60 Å². The molecule has 0 aromatic heterocycles. The van der Waals surface area contributed by atoms with Gasteiger partial charge in [0.05, 0.1) is 0 Å². The van der Waals surface area contributed by atoms with E-state index in [1.807, 2.05) is 0 Å². The molecular formula is C14H25NO3. The highest BCUT2D eigenvalue weighted by molar-refractivity contribution is 5.65. The molecule has 2 fully saturated rings. The summed E-state index contributed by atoms with van der Waals surface area (Å²) in [7, 11) is 0. The molecule has 2 aliphatic rings. The Morgan fingerprint density at radius 2 is 2.11 bits per heavy atom. The van der Waals surface area contributed by atoms with Crippen molar-refractivity contribution in [2.45, 2.75) is 58.5 Å². The molecular weight excluding hydrogens is 230 g/mol. The lowest BCUT2D eigenvalue weighted by Gasteiger charge is -2.42. The zero-order valence-electron chi connectivity index (χ0n) is 11.7. The molecule has 0 aliphatic heterocycles. The van der Waals surface area contributed by atoms with Crippen LogP contribution in [0.4, 0.5) is 4.79 Å². The van der Waals surface area contributed by atoms with Gasteiger partial charge in [0.2, 0.25) is 0 Å². The number of carbonyl (C=O) groups excluding carboxylic acids is 1. The fourth-order valence-corrected chi connectivity index (χ4v) is 4.39. The molecule has 3 atom stereocenters. The van der Waals surface area contributed by atoms with E-state index in [4.69, 9.17) is 10.5 Å². The van der Waals surface area contributed by atoms with Crippen molar-refractivity contribution in [3.63, 3.8) is 0 Å². The van der Waals surface area contributed by atoms with Gasteiger partial charge in [-0.15, -0.1) is 0 Å². The molecule has 0 saturated heterocycles. The third kappa shape index (κ3) is 2.11. The van der Waals surface area contributed by atoms with E-state index in [-0.39, 0.29) is 23.0 Å². The Morgan fingerprint density at radius 3 is 2.61 bits per heavy atom. The fourth-order valence-electron chi connectivity index (χ4n) is 4.39. The van der Waals surface area contributed by atoms with E-state index in [1.165, 1.54) is 0 Å². The molecule has 0 heterocycles. The number of primary amides is 1. The summed E-state index contributed by atoms with van der Waals surface area (Å²) in [6, 6.07) is 0. The van der Waals surface area contributed by atoms with Crippen molar-refractivity contribution in [1.29, 1.82) is 0 Å². The topological polar surface area (TPSA) is 72.6 Å². The standard InChI is InChI=1S/C14H25NO3/c1-12(2,3)10-8-13(6-7-16)4-5-14(10,9-13)18-11(15)17/h10,16H,4-9H2,1-3H3,(H2,15,17). The first-order chi connectivity index (χ1) is 8.23. The van der Waals surface area contributed by atoms with E-state index >= 15 is 0 Å². The van der Waals surface area contributed by atoms with Crippen molar-refractivity contribution < 1.29 is 14.6 Å². The van der Waals surface area contributed by atoms with Gasteiger partial charge in [0.25, 0.3) is 0 Å². The summed E-state index contributed by atoms with van der Waals surface area (Å²) in [6.07, 6.45) is 3.97. The Balaban J connectivity index is 2.28. The number of ether oxygens (including phenoxy) is 1. The molecule has 0 aromatic carbocycles. The monoisotopic (exact) mass is 255 g/mol. The van der Waals surface area contributed by atoms with Crippen LogP contribution in [-0.2, 0) is 4.74 Å². The third-order valence-electron chi connectivity index (χ3n) is 5.02. The molecule has 3 N–H and O–H groups in total. The SMILES string of the molecule is CC(C)(C)C1CC2(CCO)CCC1(OC(N)=O)C2. The molecule has 4 nitrogen and oxygen atoms in total. The summed E-state index contributed by atoms with van der Waals surface area (Å²) in [5.74, 6) is 0.331. The molecule has 0 spiro atoms.